The van der Waals surface area contributed by atoms with E-state index in [0.717, 1.165) is 12.0 Å². The number of rotatable bonds is 4. The molecular weight excluding hydrogens is 272 g/mol. The highest BCUT2D eigenvalue weighted by Gasteiger charge is 2.35. The quantitative estimate of drug-likeness (QED) is 0.634. The topological polar surface area (TPSA) is 89.7 Å². The van der Waals surface area contributed by atoms with Crippen LogP contribution in [-0.4, -0.2) is 41.9 Å². The molecule has 1 aromatic rings. The van der Waals surface area contributed by atoms with Crippen LogP contribution in [-0.2, 0) is 25.5 Å². The molecule has 0 aliphatic carbocycles. The largest absolute Gasteiger partial charge is 0.391 e. The second kappa shape index (κ2) is 6.99. The van der Waals surface area contributed by atoms with E-state index in [1.54, 1.807) is 0 Å². The lowest BCUT2D eigenvalue weighted by Gasteiger charge is -2.22. The summed E-state index contributed by atoms with van der Waals surface area (Å²) in [5, 5.41) is 0. The molecule has 6 heteroatoms. The Labute approximate surface area is 122 Å². The first kappa shape index (κ1) is 15.2. The van der Waals surface area contributed by atoms with Crippen LogP contribution in [0.5, 0.6) is 0 Å². The van der Waals surface area contributed by atoms with Gasteiger partial charge in [0.15, 0.2) is 0 Å². The van der Waals surface area contributed by atoms with Gasteiger partial charge < -0.3 is 15.4 Å². The third-order valence-electron chi connectivity index (χ3n) is 3.42. The van der Waals surface area contributed by atoms with Crippen molar-refractivity contribution in [3.8, 4) is 0 Å². The lowest BCUT2D eigenvalue weighted by molar-refractivity contribution is -0.163. The predicted molar refractivity (Wildman–Crippen MR) is 75.0 cm³/mol. The van der Waals surface area contributed by atoms with Crippen LogP contribution in [0.4, 0.5) is 0 Å². The van der Waals surface area contributed by atoms with Crippen LogP contribution in [0, 0.1) is 0 Å². The zero-order chi connectivity index (χ0) is 15.2. The molecule has 0 unspecified atom stereocenters. The Kier molecular flexibility index (Phi) is 5.05. The summed E-state index contributed by atoms with van der Waals surface area (Å²) in [5.41, 5.74) is 6.00. The van der Waals surface area contributed by atoms with E-state index in [1.165, 1.54) is 4.90 Å². The Morgan fingerprint density at radius 1 is 1.24 bits per heavy atom. The number of carbonyl (C=O) groups excluding carboxylic acids is 3. The van der Waals surface area contributed by atoms with Crippen molar-refractivity contribution in [3.63, 3.8) is 0 Å². The van der Waals surface area contributed by atoms with Crippen molar-refractivity contribution < 1.29 is 19.1 Å². The summed E-state index contributed by atoms with van der Waals surface area (Å²) in [6.45, 7) is 0.151. The van der Waals surface area contributed by atoms with Gasteiger partial charge in [0.1, 0.15) is 6.04 Å². The molecule has 1 aliphatic heterocycles. The Hall–Kier alpha value is -2.21. The van der Waals surface area contributed by atoms with Gasteiger partial charge in [0.2, 0.25) is 5.91 Å². The highest BCUT2D eigenvalue weighted by molar-refractivity contribution is 5.92. The summed E-state index contributed by atoms with van der Waals surface area (Å²) in [5.74, 6) is -1.60. The molecule has 1 saturated heterocycles. The van der Waals surface area contributed by atoms with Crippen LogP contribution in [0.2, 0.25) is 0 Å². The number of hydrogen-bond acceptors (Lipinski definition) is 5. The molecule has 0 bridgehead atoms. The molecule has 1 aromatic carbocycles. The van der Waals surface area contributed by atoms with Gasteiger partial charge in [-0.1, -0.05) is 30.3 Å². The fourth-order valence-electron chi connectivity index (χ4n) is 2.40. The average molecular weight is 290 g/mol. The fraction of sp³-hybridized carbons (Fsp3) is 0.400. The molecule has 2 N–H and O–H groups in total. The van der Waals surface area contributed by atoms with Crippen molar-refractivity contribution >= 4 is 17.8 Å². The number of benzene rings is 1. The summed E-state index contributed by atoms with van der Waals surface area (Å²) in [6.07, 6.45) is 1.46. The van der Waals surface area contributed by atoms with Crippen molar-refractivity contribution in [2.75, 3.05) is 13.1 Å². The lowest BCUT2D eigenvalue weighted by atomic mass is 10.1. The molecule has 0 radical (unpaired) electrons. The number of nitrogens with zero attached hydrogens (tertiary/aromatic N) is 1. The summed E-state index contributed by atoms with van der Waals surface area (Å²) in [6, 6.07) is 8.63. The van der Waals surface area contributed by atoms with Gasteiger partial charge in [-0.25, -0.2) is 4.79 Å². The van der Waals surface area contributed by atoms with Gasteiger partial charge in [-0.2, -0.15) is 0 Å². The Morgan fingerprint density at radius 2 is 1.95 bits per heavy atom. The predicted octanol–water partition coefficient (Wildman–Crippen LogP) is 0.249. The highest BCUT2D eigenvalue weighted by atomic mass is 16.6. The summed E-state index contributed by atoms with van der Waals surface area (Å²) >= 11 is 0. The molecule has 1 fully saturated rings. The number of ether oxygens (including phenoxy) is 1. The Morgan fingerprint density at radius 3 is 2.62 bits per heavy atom. The van der Waals surface area contributed by atoms with Gasteiger partial charge in [0.05, 0.1) is 13.0 Å². The first-order chi connectivity index (χ1) is 10.1. The van der Waals surface area contributed by atoms with Crippen molar-refractivity contribution in [2.45, 2.75) is 25.3 Å². The number of hydrogen-bond donors (Lipinski definition) is 1. The summed E-state index contributed by atoms with van der Waals surface area (Å²) < 4.78 is 4.62. The van der Waals surface area contributed by atoms with Gasteiger partial charge >= 0.3 is 11.9 Å². The fourth-order valence-corrected chi connectivity index (χ4v) is 2.40. The van der Waals surface area contributed by atoms with Crippen LogP contribution in [0.15, 0.2) is 30.3 Å². The molecule has 1 aliphatic rings. The molecular formula is C15H18N2O4. The molecule has 1 amide bonds. The Bertz CT molecular complexity index is 530. The second-order valence-corrected chi connectivity index (χ2v) is 4.90. The maximum Gasteiger partial charge on any atom is 0.336 e. The Balaban J connectivity index is 1.99. The highest BCUT2D eigenvalue weighted by Crippen LogP contribution is 2.20. The SMILES string of the molecule is NCC(=O)OC(=O)[C@H]1CCCN1C(=O)Cc1ccccc1. The van der Waals surface area contributed by atoms with Crippen molar-refractivity contribution in [1.29, 1.82) is 0 Å². The third kappa shape index (κ3) is 3.88. The smallest absolute Gasteiger partial charge is 0.336 e. The van der Waals surface area contributed by atoms with E-state index >= 15 is 0 Å². The lowest BCUT2D eigenvalue weighted by Crippen LogP contribution is -2.43. The van der Waals surface area contributed by atoms with Gasteiger partial charge in [0, 0.05) is 6.54 Å². The molecule has 0 saturated carbocycles. The number of likely N-dealkylation sites (tertiary alicyclic amines) is 1. The van der Waals surface area contributed by atoms with E-state index in [4.69, 9.17) is 5.73 Å². The van der Waals surface area contributed by atoms with Gasteiger partial charge in [-0.3, -0.25) is 9.59 Å². The first-order valence-corrected chi connectivity index (χ1v) is 6.90. The normalized spacial score (nSPS) is 17.6. The summed E-state index contributed by atoms with van der Waals surface area (Å²) in [7, 11) is 0. The molecule has 1 heterocycles. The van der Waals surface area contributed by atoms with E-state index in [9.17, 15) is 14.4 Å². The minimum absolute atomic E-state index is 0.138. The van der Waals surface area contributed by atoms with Gasteiger partial charge in [0.25, 0.3) is 0 Å². The van der Waals surface area contributed by atoms with Crippen LogP contribution in [0.25, 0.3) is 0 Å². The zero-order valence-electron chi connectivity index (χ0n) is 11.7. The maximum absolute atomic E-state index is 12.3. The zero-order valence-corrected chi connectivity index (χ0v) is 11.7. The van der Waals surface area contributed by atoms with E-state index in [2.05, 4.69) is 4.74 Å². The van der Waals surface area contributed by atoms with Crippen LogP contribution in [0.3, 0.4) is 0 Å². The first-order valence-electron chi connectivity index (χ1n) is 6.90. The van der Waals surface area contributed by atoms with E-state index in [1.807, 2.05) is 30.3 Å². The number of nitrogens with two attached hydrogens (primary N) is 1. The molecule has 1 atom stereocenters. The average Bonchev–Trinajstić information content (AvgIpc) is 2.97. The van der Waals surface area contributed by atoms with Gasteiger partial charge in [-0.05, 0) is 18.4 Å². The third-order valence-corrected chi connectivity index (χ3v) is 3.42. The minimum Gasteiger partial charge on any atom is -0.391 e. The van der Waals surface area contributed by atoms with Crippen LogP contribution >= 0.6 is 0 Å². The minimum atomic E-state index is -0.776. The van der Waals surface area contributed by atoms with Crippen LogP contribution < -0.4 is 5.73 Å². The van der Waals surface area contributed by atoms with Crippen molar-refractivity contribution in [3.05, 3.63) is 35.9 Å². The van der Waals surface area contributed by atoms with Crippen molar-refractivity contribution in [2.24, 2.45) is 5.73 Å². The molecule has 112 valence electrons. The van der Waals surface area contributed by atoms with Crippen LogP contribution in [0.1, 0.15) is 18.4 Å². The summed E-state index contributed by atoms with van der Waals surface area (Å²) in [4.78, 5) is 36.7. The van der Waals surface area contributed by atoms with E-state index < -0.39 is 18.0 Å². The molecule has 6 nitrogen and oxygen atoms in total. The van der Waals surface area contributed by atoms with E-state index in [0.29, 0.717) is 13.0 Å². The molecule has 0 aromatic heterocycles. The molecule has 21 heavy (non-hydrogen) atoms. The number of carbonyl (C=O) groups is 3. The van der Waals surface area contributed by atoms with Gasteiger partial charge in [-0.15, -0.1) is 0 Å². The monoisotopic (exact) mass is 290 g/mol. The van der Waals surface area contributed by atoms with E-state index in [-0.39, 0.29) is 18.9 Å². The standard InChI is InChI=1S/C15H18N2O4/c16-10-14(19)21-15(20)12-7-4-8-17(12)13(18)9-11-5-2-1-3-6-11/h1-3,5-6,12H,4,7-10,16H2/t12-/m1/s1. The maximum atomic E-state index is 12.3. The number of amides is 1. The molecule has 2 rings (SSSR count). The van der Waals surface area contributed by atoms with Crippen molar-refractivity contribution in [1.82, 2.24) is 4.90 Å². The number of esters is 2. The second-order valence-electron chi connectivity index (χ2n) is 4.90. The molecule has 0 spiro atoms.